The number of carbonyl (C=O) groups excluding carboxylic acids is 1. The Morgan fingerprint density at radius 3 is 2.35 bits per heavy atom. The molecule has 1 aliphatic carbocycles. The van der Waals surface area contributed by atoms with Crippen LogP contribution in [0.3, 0.4) is 0 Å². The van der Waals surface area contributed by atoms with E-state index in [4.69, 9.17) is 4.84 Å². The number of anilines is 1. The lowest BCUT2D eigenvalue weighted by molar-refractivity contribution is 0.165. The Balaban J connectivity index is 1.68. The Labute approximate surface area is 183 Å². The summed E-state index contributed by atoms with van der Waals surface area (Å²) < 4.78 is 2.32. The molecule has 2 aromatic carbocycles. The van der Waals surface area contributed by atoms with Gasteiger partial charge >= 0.3 is 6.09 Å². The van der Waals surface area contributed by atoms with Gasteiger partial charge in [-0.25, -0.2) is 4.79 Å². The van der Waals surface area contributed by atoms with Crippen molar-refractivity contribution in [3.8, 4) is 5.69 Å². The molecule has 0 radical (unpaired) electrons. The molecular formula is C26H29N3O2. The maximum Gasteiger partial charge on any atom is 0.437 e. The number of nitrogens with zero attached hydrogens (tertiary/aromatic N) is 2. The highest BCUT2D eigenvalue weighted by Crippen LogP contribution is 2.38. The molecule has 3 aromatic rings. The predicted octanol–water partition coefficient (Wildman–Crippen LogP) is 6.33. The number of para-hydroxylation sites is 1. The van der Waals surface area contributed by atoms with Crippen LogP contribution < -0.4 is 5.32 Å². The molecule has 0 unspecified atom stereocenters. The number of nitrogens with one attached hydrogen (secondary N) is 1. The fraction of sp³-hybridized carbons (Fsp3) is 0.308. The Morgan fingerprint density at radius 1 is 1.00 bits per heavy atom. The van der Waals surface area contributed by atoms with Gasteiger partial charge in [-0.2, -0.15) is 0 Å². The van der Waals surface area contributed by atoms with Gasteiger partial charge in [-0.15, -0.1) is 0 Å². The van der Waals surface area contributed by atoms with Crippen molar-refractivity contribution in [1.82, 2.24) is 4.57 Å². The van der Waals surface area contributed by atoms with Crippen molar-refractivity contribution in [1.29, 1.82) is 0 Å². The van der Waals surface area contributed by atoms with Crippen LogP contribution in [0.25, 0.3) is 5.69 Å². The molecule has 1 aromatic heterocycles. The summed E-state index contributed by atoms with van der Waals surface area (Å²) in [5, 5.41) is 7.00. The maximum absolute atomic E-state index is 12.3. The highest BCUT2D eigenvalue weighted by Gasteiger charge is 2.33. The molecule has 5 heteroatoms. The van der Waals surface area contributed by atoms with Gasteiger partial charge in [-0.1, -0.05) is 43.3 Å². The summed E-state index contributed by atoms with van der Waals surface area (Å²) in [6.07, 6.45) is 1.09. The van der Waals surface area contributed by atoms with Gasteiger partial charge in [0.15, 0.2) is 0 Å². The highest BCUT2D eigenvalue weighted by molar-refractivity contribution is 6.03. The van der Waals surface area contributed by atoms with E-state index < -0.39 is 6.09 Å². The van der Waals surface area contributed by atoms with Gasteiger partial charge in [0.1, 0.15) is 0 Å². The molecule has 0 bridgehead atoms. The van der Waals surface area contributed by atoms with Gasteiger partial charge in [-0.3, -0.25) is 10.2 Å². The van der Waals surface area contributed by atoms with Crippen LogP contribution in [-0.4, -0.2) is 16.4 Å². The SMILES string of the molecule is Cc1cc(C)cc(-n2c(C)cc3c2CC(C)(C)C/C3=N\OC(=O)Nc2ccccc2)c1. The van der Waals surface area contributed by atoms with E-state index in [-0.39, 0.29) is 5.41 Å². The molecule has 160 valence electrons. The second-order valence-electron chi connectivity index (χ2n) is 9.25. The molecule has 1 aliphatic rings. The number of oxime groups is 1. The molecule has 1 amide bonds. The average molecular weight is 416 g/mol. The zero-order valence-electron chi connectivity index (χ0n) is 18.8. The van der Waals surface area contributed by atoms with Gasteiger partial charge < -0.3 is 4.57 Å². The largest absolute Gasteiger partial charge is 0.437 e. The summed E-state index contributed by atoms with van der Waals surface area (Å²) in [6, 6.07) is 18.0. The minimum Gasteiger partial charge on any atom is -0.318 e. The van der Waals surface area contributed by atoms with E-state index in [1.165, 1.54) is 16.8 Å². The molecule has 0 spiro atoms. The zero-order valence-corrected chi connectivity index (χ0v) is 18.8. The number of benzene rings is 2. The molecule has 0 saturated carbocycles. The third-order valence-electron chi connectivity index (χ3n) is 5.61. The van der Waals surface area contributed by atoms with Gasteiger partial charge in [0.2, 0.25) is 0 Å². The number of hydrogen-bond donors (Lipinski definition) is 1. The Kier molecular flexibility index (Phi) is 5.44. The van der Waals surface area contributed by atoms with Gasteiger partial charge in [0.25, 0.3) is 0 Å². The minimum absolute atomic E-state index is 0.00646. The molecule has 4 rings (SSSR count). The quantitative estimate of drug-likeness (QED) is 0.401. The van der Waals surface area contributed by atoms with Crippen LogP contribution in [0, 0.1) is 26.2 Å². The van der Waals surface area contributed by atoms with E-state index in [1.807, 2.05) is 30.3 Å². The standard InChI is InChI=1S/C26H29N3O2/c1-17-11-18(2)13-21(12-17)29-19(3)14-22-23(15-26(4,5)16-24(22)29)28-31-25(30)27-20-9-7-6-8-10-20/h6-14H,15-16H2,1-5H3,(H,27,30)/b28-23+. The normalized spacial score (nSPS) is 16.1. The van der Waals surface area contributed by atoms with Crippen LogP contribution in [-0.2, 0) is 11.3 Å². The van der Waals surface area contributed by atoms with Crippen molar-refractivity contribution < 1.29 is 9.63 Å². The van der Waals surface area contributed by atoms with Crippen LogP contribution in [0.4, 0.5) is 10.5 Å². The first-order chi connectivity index (χ1) is 14.7. The first-order valence-corrected chi connectivity index (χ1v) is 10.6. The number of hydrogen-bond acceptors (Lipinski definition) is 3. The summed E-state index contributed by atoms with van der Waals surface area (Å²) in [6.45, 7) is 10.8. The van der Waals surface area contributed by atoms with E-state index in [0.717, 1.165) is 35.5 Å². The van der Waals surface area contributed by atoms with Crippen LogP contribution in [0.2, 0.25) is 0 Å². The van der Waals surface area contributed by atoms with Gasteiger partial charge in [0, 0.05) is 28.3 Å². The third kappa shape index (κ3) is 4.55. The molecule has 31 heavy (non-hydrogen) atoms. The molecule has 0 fully saturated rings. The lowest BCUT2D eigenvalue weighted by Crippen LogP contribution is -2.29. The van der Waals surface area contributed by atoms with Crippen molar-refractivity contribution in [2.24, 2.45) is 10.6 Å². The molecule has 1 N–H and O–H groups in total. The van der Waals surface area contributed by atoms with Gasteiger partial charge in [-0.05, 0) is 80.5 Å². The van der Waals surface area contributed by atoms with Crippen molar-refractivity contribution in [2.75, 3.05) is 5.32 Å². The lowest BCUT2D eigenvalue weighted by atomic mass is 9.76. The zero-order chi connectivity index (χ0) is 22.2. The van der Waals surface area contributed by atoms with E-state index >= 15 is 0 Å². The molecular weight excluding hydrogens is 386 g/mol. The van der Waals surface area contributed by atoms with Crippen molar-refractivity contribution >= 4 is 17.5 Å². The summed E-state index contributed by atoms with van der Waals surface area (Å²) in [5.74, 6) is 0. The maximum atomic E-state index is 12.3. The highest BCUT2D eigenvalue weighted by atomic mass is 16.7. The van der Waals surface area contributed by atoms with E-state index in [2.05, 4.69) is 73.9 Å². The number of carbonyl (C=O) groups is 1. The fourth-order valence-corrected chi connectivity index (χ4v) is 4.46. The number of aromatic nitrogens is 1. The summed E-state index contributed by atoms with van der Waals surface area (Å²) in [4.78, 5) is 17.5. The third-order valence-corrected chi connectivity index (χ3v) is 5.61. The summed E-state index contributed by atoms with van der Waals surface area (Å²) in [5.41, 5.74) is 8.54. The summed E-state index contributed by atoms with van der Waals surface area (Å²) >= 11 is 0. The molecule has 0 atom stereocenters. The molecule has 0 saturated heterocycles. The predicted molar refractivity (Wildman–Crippen MR) is 125 cm³/mol. The van der Waals surface area contributed by atoms with E-state index in [0.29, 0.717) is 5.69 Å². The Morgan fingerprint density at radius 2 is 1.68 bits per heavy atom. The topological polar surface area (TPSA) is 55.6 Å². The Bertz CT molecular complexity index is 1140. The fourth-order valence-electron chi connectivity index (χ4n) is 4.46. The lowest BCUT2D eigenvalue weighted by Gasteiger charge is -2.31. The average Bonchev–Trinajstić information content (AvgIpc) is 3.01. The second kappa shape index (κ2) is 8.06. The number of rotatable bonds is 3. The smallest absolute Gasteiger partial charge is 0.318 e. The minimum atomic E-state index is -0.589. The van der Waals surface area contributed by atoms with Crippen molar-refractivity contribution in [3.05, 3.63) is 82.7 Å². The van der Waals surface area contributed by atoms with E-state index in [9.17, 15) is 4.79 Å². The van der Waals surface area contributed by atoms with Crippen LogP contribution in [0.1, 0.15) is 48.3 Å². The van der Waals surface area contributed by atoms with Crippen LogP contribution >= 0.6 is 0 Å². The second-order valence-corrected chi connectivity index (χ2v) is 9.25. The van der Waals surface area contributed by atoms with Crippen molar-refractivity contribution in [3.63, 3.8) is 0 Å². The van der Waals surface area contributed by atoms with Crippen LogP contribution in [0.15, 0.2) is 59.8 Å². The van der Waals surface area contributed by atoms with Gasteiger partial charge in [0.05, 0.1) is 5.71 Å². The molecule has 1 heterocycles. The number of aryl methyl sites for hydroxylation is 3. The number of fused-ring (bicyclic) bond motifs is 1. The van der Waals surface area contributed by atoms with E-state index in [1.54, 1.807) is 0 Å². The monoisotopic (exact) mass is 415 g/mol. The van der Waals surface area contributed by atoms with Crippen LogP contribution in [0.5, 0.6) is 0 Å². The number of amides is 1. The summed E-state index contributed by atoms with van der Waals surface area (Å²) in [7, 11) is 0. The van der Waals surface area contributed by atoms with Crippen molar-refractivity contribution in [2.45, 2.75) is 47.5 Å². The molecule has 5 nitrogen and oxygen atoms in total. The molecule has 0 aliphatic heterocycles. The first-order valence-electron chi connectivity index (χ1n) is 10.6. The first kappa shape index (κ1) is 20.9. The Hall–Kier alpha value is -3.34.